The van der Waals surface area contributed by atoms with Gasteiger partial charge in [0.15, 0.2) is 0 Å². The van der Waals surface area contributed by atoms with E-state index in [0.29, 0.717) is 11.6 Å². The van der Waals surface area contributed by atoms with E-state index in [1.807, 2.05) is 103 Å². The molecule has 3 aromatic carbocycles. The van der Waals surface area contributed by atoms with Gasteiger partial charge in [0, 0.05) is 23.5 Å². The Morgan fingerprint density at radius 1 is 0.921 bits per heavy atom. The molecule has 5 rings (SSSR count). The zero-order valence-corrected chi connectivity index (χ0v) is 22.4. The number of amides is 3. The monoisotopic (exact) mass is 526 g/mol. The highest BCUT2D eigenvalue weighted by Crippen LogP contribution is 2.42. The Kier molecular flexibility index (Phi) is 7.52. The van der Waals surface area contributed by atoms with Crippen LogP contribution >= 0.6 is 11.6 Å². The van der Waals surface area contributed by atoms with Gasteiger partial charge in [0.1, 0.15) is 12.6 Å². The first-order valence-corrected chi connectivity index (χ1v) is 13.3. The van der Waals surface area contributed by atoms with Gasteiger partial charge in [-0.05, 0) is 66.9 Å². The van der Waals surface area contributed by atoms with Crippen molar-refractivity contribution in [2.75, 3.05) is 23.3 Å². The summed E-state index contributed by atoms with van der Waals surface area (Å²) in [6, 6.07) is 26.5. The van der Waals surface area contributed by atoms with Gasteiger partial charge in [-0.15, -0.1) is 0 Å². The molecule has 0 unspecified atom stereocenters. The van der Waals surface area contributed by atoms with Crippen molar-refractivity contribution in [1.29, 1.82) is 0 Å². The molecule has 38 heavy (non-hydrogen) atoms. The molecule has 1 aliphatic heterocycles. The number of carbonyl (C=O) groups excluding carboxylic acids is 2. The molecular weight excluding hydrogens is 496 g/mol. The Bertz CT molecular complexity index is 1450. The van der Waals surface area contributed by atoms with E-state index in [-0.39, 0.29) is 24.5 Å². The van der Waals surface area contributed by atoms with Crippen LogP contribution in [0.5, 0.6) is 0 Å². The summed E-state index contributed by atoms with van der Waals surface area (Å²) >= 11 is 6.20. The number of anilines is 2. The van der Waals surface area contributed by atoms with Gasteiger partial charge in [-0.1, -0.05) is 67.4 Å². The Hall–Kier alpha value is -4.03. The number of hydrogen-bond acceptors (Lipinski definition) is 2. The number of fused-ring (bicyclic) bond motifs is 3. The molecular formula is C31H31ClN4O2. The average molecular weight is 527 g/mol. The van der Waals surface area contributed by atoms with Crippen LogP contribution in [-0.4, -0.2) is 34.5 Å². The highest BCUT2D eigenvalue weighted by Gasteiger charge is 2.37. The number of nitrogens with one attached hydrogen (secondary N) is 1. The molecule has 0 bridgehead atoms. The van der Waals surface area contributed by atoms with Crippen molar-refractivity contribution in [3.05, 3.63) is 113 Å². The van der Waals surface area contributed by atoms with Gasteiger partial charge in [-0.25, -0.2) is 4.79 Å². The number of aromatic nitrogens is 1. The second-order valence-electron chi connectivity index (χ2n) is 9.53. The first-order chi connectivity index (χ1) is 18.5. The molecule has 3 amide bonds. The Morgan fingerprint density at radius 3 is 2.37 bits per heavy atom. The fourth-order valence-corrected chi connectivity index (χ4v) is 5.10. The minimum atomic E-state index is -0.364. The summed E-state index contributed by atoms with van der Waals surface area (Å²) in [5.74, 6) is -0.152. The van der Waals surface area contributed by atoms with Crippen molar-refractivity contribution in [1.82, 2.24) is 9.47 Å². The van der Waals surface area contributed by atoms with Crippen LogP contribution in [0.2, 0.25) is 5.02 Å². The zero-order valence-electron chi connectivity index (χ0n) is 21.6. The maximum absolute atomic E-state index is 14.2. The van der Waals surface area contributed by atoms with E-state index in [1.54, 1.807) is 4.90 Å². The number of aryl methyl sites for hydroxylation is 1. The number of nitrogens with zero attached hydrogens (tertiary/aromatic N) is 3. The van der Waals surface area contributed by atoms with E-state index in [2.05, 4.69) is 16.8 Å². The van der Waals surface area contributed by atoms with Crippen molar-refractivity contribution in [2.24, 2.45) is 0 Å². The van der Waals surface area contributed by atoms with E-state index in [4.69, 9.17) is 11.6 Å². The van der Waals surface area contributed by atoms with Crippen molar-refractivity contribution in [3.63, 3.8) is 0 Å². The van der Waals surface area contributed by atoms with Crippen molar-refractivity contribution in [2.45, 2.75) is 32.7 Å². The van der Waals surface area contributed by atoms with E-state index < -0.39 is 0 Å². The third-order valence-corrected chi connectivity index (χ3v) is 7.21. The summed E-state index contributed by atoms with van der Waals surface area (Å²) in [5, 5.41) is 3.64. The number of halogens is 1. The lowest BCUT2D eigenvalue weighted by atomic mass is 9.97. The molecule has 1 N–H and O–H groups in total. The summed E-state index contributed by atoms with van der Waals surface area (Å²) in [7, 11) is 0. The molecule has 1 aromatic heterocycles. The maximum Gasteiger partial charge on any atom is 0.322 e. The lowest BCUT2D eigenvalue weighted by Gasteiger charge is -2.39. The summed E-state index contributed by atoms with van der Waals surface area (Å²) in [6.45, 7) is 4.47. The quantitative estimate of drug-likeness (QED) is 0.276. The predicted octanol–water partition coefficient (Wildman–Crippen LogP) is 7.21. The number of unbranched alkanes of at least 4 members (excludes halogenated alkanes) is 1. The fourth-order valence-electron chi connectivity index (χ4n) is 4.97. The number of rotatable bonds is 7. The first kappa shape index (κ1) is 25.6. The largest absolute Gasteiger partial charge is 0.322 e. The molecule has 6 nitrogen and oxygen atoms in total. The third-order valence-electron chi connectivity index (χ3n) is 6.96. The molecule has 194 valence electrons. The van der Waals surface area contributed by atoms with Gasteiger partial charge < -0.3 is 14.8 Å². The second-order valence-corrected chi connectivity index (χ2v) is 9.97. The normalized spacial score (nSPS) is 14.0. The average Bonchev–Trinajstić information content (AvgIpc) is 3.42. The fraction of sp³-hybridized carbons (Fsp3) is 0.226. The van der Waals surface area contributed by atoms with Crippen LogP contribution < -0.4 is 10.2 Å². The van der Waals surface area contributed by atoms with Crippen molar-refractivity contribution < 1.29 is 9.59 Å². The van der Waals surface area contributed by atoms with E-state index in [1.165, 1.54) is 0 Å². The minimum absolute atomic E-state index is 0.0448. The van der Waals surface area contributed by atoms with E-state index >= 15 is 0 Å². The van der Waals surface area contributed by atoms with Gasteiger partial charge in [0.25, 0.3) is 0 Å². The molecule has 0 aliphatic carbocycles. The lowest BCUT2D eigenvalue weighted by molar-refractivity contribution is -0.119. The molecule has 4 aromatic rings. The molecule has 1 atom stereocenters. The van der Waals surface area contributed by atoms with Gasteiger partial charge >= 0.3 is 6.03 Å². The molecule has 0 fully saturated rings. The van der Waals surface area contributed by atoms with Gasteiger partial charge in [0.2, 0.25) is 5.91 Å². The van der Waals surface area contributed by atoms with Crippen LogP contribution in [0.4, 0.5) is 16.2 Å². The zero-order chi connectivity index (χ0) is 26.6. The molecule has 7 heteroatoms. The Labute approximate surface area is 228 Å². The van der Waals surface area contributed by atoms with Gasteiger partial charge in [-0.3, -0.25) is 9.69 Å². The first-order valence-electron chi connectivity index (χ1n) is 12.9. The smallest absolute Gasteiger partial charge is 0.316 e. The molecule has 0 radical (unpaired) electrons. The summed E-state index contributed by atoms with van der Waals surface area (Å²) < 4.78 is 2.12. The topological polar surface area (TPSA) is 57.6 Å². The van der Waals surface area contributed by atoms with E-state index in [0.717, 1.165) is 46.7 Å². The van der Waals surface area contributed by atoms with Crippen LogP contribution in [-0.2, 0) is 4.79 Å². The highest BCUT2D eigenvalue weighted by molar-refractivity contribution is 6.30. The predicted molar refractivity (Wildman–Crippen MR) is 153 cm³/mol. The van der Waals surface area contributed by atoms with Crippen molar-refractivity contribution in [3.8, 4) is 5.69 Å². The van der Waals surface area contributed by atoms with Gasteiger partial charge in [-0.2, -0.15) is 0 Å². The number of benzene rings is 3. The number of urea groups is 1. The third kappa shape index (κ3) is 5.04. The van der Waals surface area contributed by atoms with Crippen LogP contribution in [0.25, 0.3) is 5.69 Å². The standard InChI is InChI=1S/C31H31ClN4O2/c1-3-4-19-34(31(38)33-25-11-6-5-10-22(25)2)21-29(37)36-27-13-8-7-12-26(27)35-20-9-14-28(35)30(36)23-15-17-24(32)18-16-23/h5-18,20,30H,3-4,19,21H2,1-2H3,(H,33,38)/t30-/m1/s1. The summed E-state index contributed by atoms with van der Waals surface area (Å²) in [5.41, 5.74) is 5.36. The maximum atomic E-state index is 14.2. The minimum Gasteiger partial charge on any atom is -0.316 e. The number of hydrogen-bond donors (Lipinski definition) is 1. The van der Waals surface area contributed by atoms with Crippen LogP contribution in [0.1, 0.15) is 42.6 Å². The SMILES string of the molecule is CCCCN(CC(=O)N1c2ccccc2-n2cccc2[C@H]1c1ccc(Cl)cc1)C(=O)Nc1ccccc1C. The molecule has 1 aliphatic rings. The summed E-state index contributed by atoms with van der Waals surface area (Å²) in [6.07, 6.45) is 3.73. The Balaban J connectivity index is 1.51. The van der Waals surface area contributed by atoms with Crippen LogP contribution in [0.3, 0.4) is 0 Å². The second kappa shape index (κ2) is 11.2. The molecule has 0 saturated carbocycles. The number of para-hydroxylation sites is 3. The molecule has 0 saturated heterocycles. The molecule has 0 spiro atoms. The van der Waals surface area contributed by atoms with Crippen LogP contribution in [0.15, 0.2) is 91.1 Å². The van der Waals surface area contributed by atoms with E-state index in [9.17, 15) is 9.59 Å². The van der Waals surface area contributed by atoms with Crippen LogP contribution in [0, 0.1) is 6.92 Å². The highest BCUT2D eigenvalue weighted by atomic mass is 35.5. The summed E-state index contributed by atoms with van der Waals surface area (Å²) in [4.78, 5) is 31.1. The van der Waals surface area contributed by atoms with Crippen molar-refractivity contribution >= 4 is 34.9 Å². The lowest BCUT2D eigenvalue weighted by Crippen LogP contribution is -2.48. The van der Waals surface area contributed by atoms with Gasteiger partial charge in [0.05, 0.1) is 17.1 Å². The number of carbonyl (C=O) groups is 2. The molecule has 2 heterocycles. The Morgan fingerprint density at radius 2 is 1.63 bits per heavy atom.